The van der Waals surface area contributed by atoms with Crippen molar-refractivity contribution in [3.63, 3.8) is 0 Å². The summed E-state index contributed by atoms with van der Waals surface area (Å²) in [5, 5.41) is 0. The molecule has 3 rings (SSSR count). The van der Waals surface area contributed by atoms with E-state index in [9.17, 15) is 4.79 Å². The van der Waals surface area contributed by atoms with Crippen LogP contribution in [0, 0.1) is 5.92 Å². The summed E-state index contributed by atoms with van der Waals surface area (Å²) in [4.78, 5) is 21.4. The monoisotopic (exact) mass is 233 g/mol. The van der Waals surface area contributed by atoms with E-state index < -0.39 is 0 Å². The van der Waals surface area contributed by atoms with Crippen molar-refractivity contribution < 1.29 is 4.79 Å². The minimum Gasteiger partial charge on any atom is -0.341 e. The van der Waals surface area contributed by atoms with Gasteiger partial charge in [-0.25, -0.2) is 4.98 Å². The number of aromatic amines is 1. The number of hydrogen-bond donors (Lipinski definition) is 1. The highest BCUT2D eigenvalue weighted by molar-refractivity contribution is 5.92. The second-order valence-electron chi connectivity index (χ2n) is 5.37. The third kappa shape index (κ3) is 1.75. The maximum Gasteiger partial charge on any atom is 0.272 e. The molecule has 0 radical (unpaired) electrons. The predicted octanol–water partition coefficient (Wildman–Crippen LogP) is 2.20. The molecular formula is C13H19N3O. The van der Waals surface area contributed by atoms with Crippen LogP contribution >= 0.6 is 0 Å². The molecule has 1 aromatic heterocycles. The molecule has 4 heteroatoms. The molecule has 1 N–H and O–H groups in total. The molecule has 2 aliphatic rings. The smallest absolute Gasteiger partial charge is 0.272 e. The van der Waals surface area contributed by atoms with Gasteiger partial charge >= 0.3 is 0 Å². The van der Waals surface area contributed by atoms with E-state index in [1.54, 1.807) is 12.5 Å². The van der Waals surface area contributed by atoms with E-state index in [0.29, 0.717) is 17.8 Å². The van der Waals surface area contributed by atoms with Gasteiger partial charge in [-0.1, -0.05) is 12.8 Å². The molecular weight excluding hydrogens is 214 g/mol. The summed E-state index contributed by atoms with van der Waals surface area (Å²) in [6, 6.07) is 0.841. The Hall–Kier alpha value is -1.32. The number of aromatic nitrogens is 2. The molecule has 2 fully saturated rings. The normalized spacial score (nSPS) is 32.5. The lowest BCUT2D eigenvalue weighted by molar-refractivity contribution is 0.0628. The second-order valence-corrected chi connectivity index (χ2v) is 5.37. The van der Waals surface area contributed by atoms with Crippen LogP contribution in [0.4, 0.5) is 0 Å². The van der Waals surface area contributed by atoms with Crippen molar-refractivity contribution in [2.75, 3.05) is 0 Å². The fourth-order valence-electron chi connectivity index (χ4n) is 3.57. The molecule has 1 aliphatic carbocycles. The number of amides is 1. The Balaban J connectivity index is 1.84. The maximum absolute atomic E-state index is 12.4. The molecule has 3 atom stereocenters. The molecule has 0 aromatic carbocycles. The number of carbonyl (C=O) groups is 1. The topological polar surface area (TPSA) is 49.0 Å². The molecule has 0 bridgehead atoms. The van der Waals surface area contributed by atoms with E-state index >= 15 is 0 Å². The Morgan fingerprint density at radius 3 is 3.06 bits per heavy atom. The van der Waals surface area contributed by atoms with Crippen LogP contribution in [-0.4, -0.2) is 32.9 Å². The summed E-state index contributed by atoms with van der Waals surface area (Å²) in [6.07, 6.45) is 9.44. The van der Waals surface area contributed by atoms with Gasteiger partial charge < -0.3 is 9.88 Å². The number of nitrogens with zero attached hydrogens (tertiary/aromatic N) is 2. The van der Waals surface area contributed by atoms with Crippen molar-refractivity contribution in [3.8, 4) is 0 Å². The standard InChI is InChI=1S/C13H19N3O/c1-9-6-10-4-2-3-5-12(10)16(9)13(17)11-7-14-8-15-11/h7-10,12H,2-6H2,1H3,(H,14,15)/t9-,10+,12+/m1/s1. The van der Waals surface area contributed by atoms with Gasteiger partial charge in [0.25, 0.3) is 5.91 Å². The van der Waals surface area contributed by atoms with Crippen LogP contribution in [0.5, 0.6) is 0 Å². The number of carbonyl (C=O) groups excluding carboxylic acids is 1. The van der Waals surface area contributed by atoms with Crippen molar-refractivity contribution in [1.82, 2.24) is 14.9 Å². The number of hydrogen-bond acceptors (Lipinski definition) is 2. The fourth-order valence-corrected chi connectivity index (χ4v) is 3.57. The predicted molar refractivity (Wildman–Crippen MR) is 64.6 cm³/mol. The first kappa shape index (κ1) is 10.8. The molecule has 1 saturated heterocycles. The SMILES string of the molecule is C[C@@H]1C[C@@H]2CCCC[C@@H]2N1C(=O)c1cnc[nH]1. The summed E-state index contributed by atoms with van der Waals surface area (Å²) < 4.78 is 0. The van der Waals surface area contributed by atoms with Crippen LogP contribution in [-0.2, 0) is 0 Å². The summed E-state index contributed by atoms with van der Waals surface area (Å²) in [5.74, 6) is 0.857. The van der Waals surface area contributed by atoms with Gasteiger partial charge in [0, 0.05) is 12.1 Å². The van der Waals surface area contributed by atoms with Crippen LogP contribution in [0.1, 0.15) is 49.5 Å². The van der Waals surface area contributed by atoms with Gasteiger partial charge in [0.05, 0.1) is 12.5 Å². The van der Waals surface area contributed by atoms with Crippen molar-refractivity contribution >= 4 is 5.91 Å². The highest BCUT2D eigenvalue weighted by Crippen LogP contribution is 2.39. The van der Waals surface area contributed by atoms with E-state index in [1.165, 1.54) is 32.1 Å². The number of H-pyrrole nitrogens is 1. The van der Waals surface area contributed by atoms with Gasteiger partial charge in [-0.2, -0.15) is 0 Å². The van der Waals surface area contributed by atoms with Crippen molar-refractivity contribution in [3.05, 3.63) is 18.2 Å². The summed E-state index contributed by atoms with van der Waals surface area (Å²) in [7, 11) is 0. The minimum atomic E-state index is 0.129. The van der Waals surface area contributed by atoms with E-state index in [-0.39, 0.29) is 5.91 Å². The third-order valence-electron chi connectivity index (χ3n) is 4.31. The average molecular weight is 233 g/mol. The Morgan fingerprint density at radius 2 is 2.29 bits per heavy atom. The molecule has 1 amide bonds. The summed E-state index contributed by atoms with van der Waals surface area (Å²) >= 11 is 0. The van der Waals surface area contributed by atoms with Gasteiger partial charge in [-0.05, 0) is 32.1 Å². The summed E-state index contributed by atoms with van der Waals surface area (Å²) in [6.45, 7) is 2.17. The molecule has 1 aliphatic heterocycles. The van der Waals surface area contributed by atoms with Crippen LogP contribution < -0.4 is 0 Å². The maximum atomic E-state index is 12.4. The van der Waals surface area contributed by atoms with Crippen LogP contribution in [0.3, 0.4) is 0 Å². The highest BCUT2D eigenvalue weighted by atomic mass is 16.2. The molecule has 4 nitrogen and oxygen atoms in total. The van der Waals surface area contributed by atoms with E-state index in [0.717, 1.165) is 5.92 Å². The van der Waals surface area contributed by atoms with Crippen LogP contribution in [0.15, 0.2) is 12.5 Å². The van der Waals surface area contributed by atoms with E-state index in [1.807, 2.05) is 0 Å². The number of imidazole rings is 1. The zero-order valence-electron chi connectivity index (χ0n) is 10.2. The van der Waals surface area contributed by atoms with Crippen molar-refractivity contribution in [1.29, 1.82) is 0 Å². The number of fused-ring (bicyclic) bond motifs is 1. The number of nitrogens with one attached hydrogen (secondary N) is 1. The zero-order valence-corrected chi connectivity index (χ0v) is 10.2. The van der Waals surface area contributed by atoms with Crippen molar-refractivity contribution in [2.45, 2.75) is 51.1 Å². The molecule has 2 heterocycles. The average Bonchev–Trinajstić information content (AvgIpc) is 2.94. The Kier molecular flexibility index (Phi) is 2.65. The van der Waals surface area contributed by atoms with Crippen molar-refractivity contribution in [2.24, 2.45) is 5.92 Å². The molecule has 92 valence electrons. The fraction of sp³-hybridized carbons (Fsp3) is 0.692. The quantitative estimate of drug-likeness (QED) is 0.808. The summed E-state index contributed by atoms with van der Waals surface area (Å²) in [5.41, 5.74) is 0.628. The number of rotatable bonds is 1. The number of likely N-dealkylation sites (tertiary alicyclic amines) is 1. The van der Waals surface area contributed by atoms with Gasteiger partial charge in [0.15, 0.2) is 0 Å². The Bertz CT molecular complexity index is 401. The lowest BCUT2D eigenvalue weighted by Crippen LogP contribution is -2.42. The van der Waals surface area contributed by atoms with Gasteiger partial charge in [-0.3, -0.25) is 4.79 Å². The lowest BCUT2D eigenvalue weighted by atomic mass is 9.85. The third-order valence-corrected chi connectivity index (χ3v) is 4.31. The minimum absolute atomic E-state index is 0.129. The zero-order chi connectivity index (χ0) is 11.8. The van der Waals surface area contributed by atoms with Gasteiger partial charge in [-0.15, -0.1) is 0 Å². The largest absolute Gasteiger partial charge is 0.341 e. The Morgan fingerprint density at radius 1 is 1.47 bits per heavy atom. The van der Waals surface area contributed by atoms with Crippen LogP contribution in [0.2, 0.25) is 0 Å². The molecule has 0 spiro atoms. The lowest BCUT2D eigenvalue weighted by Gasteiger charge is -2.32. The first-order valence-electron chi connectivity index (χ1n) is 6.58. The molecule has 0 unspecified atom stereocenters. The molecule has 1 aromatic rings. The van der Waals surface area contributed by atoms with Crippen LogP contribution in [0.25, 0.3) is 0 Å². The van der Waals surface area contributed by atoms with E-state index in [2.05, 4.69) is 21.8 Å². The van der Waals surface area contributed by atoms with Gasteiger partial charge in [0.2, 0.25) is 0 Å². The first-order valence-corrected chi connectivity index (χ1v) is 6.58. The molecule has 17 heavy (non-hydrogen) atoms. The van der Waals surface area contributed by atoms with Gasteiger partial charge in [0.1, 0.15) is 5.69 Å². The van der Waals surface area contributed by atoms with E-state index in [4.69, 9.17) is 0 Å². The first-order chi connectivity index (χ1) is 8.27. The Labute approximate surface area is 101 Å². The highest BCUT2D eigenvalue weighted by Gasteiger charge is 2.42. The molecule has 1 saturated carbocycles. The second kappa shape index (κ2) is 4.17.